The zero-order chi connectivity index (χ0) is 22.8. The van der Waals surface area contributed by atoms with Crippen molar-refractivity contribution in [3.8, 4) is 5.75 Å². The summed E-state index contributed by atoms with van der Waals surface area (Å²) in [7, 11) is 1.70. The lowest BCUT2D eigenvalue weighted by molar-refractivity contribution is 0.125. The standard InChI is InChI=1S/C25H38BrN5O/c1-21-6-3-7-23(28-21)20-31(19-22-8-9-25(32-2)24(26)18-22)13-5-12-30-16-14-29(15-17-30)11-4-10-27/h3,6-9,18H,4-5,10-17,19-20,27H2,1-2H3. The van der Waals surface area contributed by atoms with Crippen LogP contribution in [0, 0.1) is 6.92 Å². The summed E-state index contributed by atoms with van der Waals surface area (Å²) in [6.07, 6.45) is 2.26. The second kappa shape index (κ2) is 13.3. The molecule has 2 N–H and O–H groups in total. The third kappa shape index (κ3) is 8.12. The molecule has 7 heteroatoms. The number of pyridine rings is 1. The van der Waals surface area contributed by atoms with Crippen molar-refractivity contribution < 1.29 is 4.74 Å². The van der Waals surface area contributed by atoms with Gasteiger partial charge in [0, 0.05) is 51.5 Å². The zero-order valence-electron chi connectivity index (χ0n) is 19.6. The van der Waals surface area contributed by atoms with Crippen LogP contribution in [0.4, 0.5) is 0 Å². The van der Waals surface area contributed by atoms with Gasteiger partial charge in [-0.15, -0.1) is 0 Å². The second-order valence-corrected chi connectivity index (χ2v) is 9.48. The monoisotopic (exact) mass is 503 g/mol. The van der Waals surface area contributed by atoms with Gasteiger partial charge in [0.05, 0.1) is 17.3 Å². The van der Waals surface area contributed by atoms with Gasteiger partial charge >= 0.3 is 0 Å². The van der Waals surface area contributed by atoms with Gasteiger partial charge in [-0.3, -0.25) is 9.88 Å². The summed E-state index contributed by atoms with van der Waals surface area (Å²) in [6, 6.07) is 12.6. The molecule has 3 rings (SSSR count). The van der Waals surface area contributed by atoms with Crippen LogP contribution in [0.25, 0.3) is 0 Å². The number of hydrogen-bond acceptors (Lipinski definition) is 6. The normalized spacial score (nSPS) is 15.4. The van der Waals surface area contributed by atoms with Gasteiger partial charge in [0.25, 0.3) is 0 Å². The number of piperazine rings is 1. The number of methoxy groups -OCH3 is 1. The number of halogens is 1. The van der Waals surface area contributed by atoms with E-state index >= 15 is 0 Å². The molecule has 32 heavy (non-hydrogen) atoms. The molecule has 0 amide bonds. The maximum atomic E-state index is 5.65. The SMILES string of the molecule is COc1ccc(CN(CCCN2CCN(CCCN)CC2)Cc2cccc(C)n2)cc1Br. The Kier molecular flexibility index (Phi) is 10.4. The largest absolute Gasteiger partial charge is 0.496 e. The predicted octanol–water partition coefficient (Wildman–Crippen LogP) is 3.52. The van der Waals surface area contributed by atoms with Crippen LogP contribution in [0.5, 0.6) is 5.75 Å². The van der Waals surface area contributed by atoms with Crippen LogP contribution in [0.3, 0.4) is 0 Å². The maximum Gasteiger partial charge on any atom is 0.133 e. The molecular weight excluding hydrogens is 466 g/mol. The van der Waals surface area contributed by atoms with Gasteiger partial charge in [0.15, 0.2) is 0 Å². The first-order chi connectivity index (χ1) is 15.6. The lowest BCUT2D eigenvalue weighted by Gasteiger charge is -2.35. The molecule has 0 bridgehead atoms. The highest BCUT2D eigenvalue weighted by Gasteiger charge is 2.17. The number of aromatic nitrogens is 1. The quantitative estimate of drug-likeness (QED) is 0.478. The minimum atomic E-state index is 0.788. The Hall–Kier alpha value is -1.51. The Balaban J connectivity index is 1.54. The van der Waals surface area contributed by atoms with Gasteiger partial charge in [-0.05, 0) is 85.2 Å². The number of benzene rings is 1. The first-order valence-electron chi connectivity index (χ1n) is 11.7. The fourth-order valence-electron chi connectivity index (χ4n) is 4.27. The molecule has 1 aliphatic rings. The Morgan fingerprint density at radius 3 is 2.38 bits per heavy atom. The van der Waals surface area contributed by atoms with Crippen LogP contribution in [0.2, 0.25) is 0 Å². The second-order valence-electron chi connectivity index (χ2n) is 8.63. The summed E-state index contributed by atoms with van der Waals surface area (Å²) in [5.74, 6) is 0.867. The summed E-state index contributed by atoms with van der Waals surface area (Å²) in [5, 5.41) is 0. The van der Waals surface area contributed by atoms with E-state index < -0.39 is 0 Å². The van der Waals surface area contributed by atoms with E-state index in [0.717, 1.165) is 99.9 Å². The number of hydrogen-bond donors (Lipinski definition) is 1. The molecule has 1 aromatic carbocycles. The number of rotatable bonds is 12. The molecule has 6 nitrogen and oxygen atoms in total. The van der Waals surface area contributed by atoms with Crippen LogP contribution in [0.1, 0.15) is 29.8 Å². The molecule has 0 unspecified atom stereocenters. The highest BCUT2D eigenvalue weighted by atomic mass is 79.9. The van der Waals surface area contributed by atoms with E-state index in [2.05, 4.69) is 67.9 Å². The van der Waals surface area contributed by atoms with Gasteiger partial charge in [-0.25, -0.2) is 0 Å². The molecule has 176 valence electrons. The van der Waals surface area contributed by atoms with Crippen molar-refractivity contribution in [2.45, 2.75) is 32.9 Å². The van der Waals surface area contributed by atoms with Crippen LogP contribution < -0.4 is 10.5 Å². The number of nitrogens with two attached hydrogens (primary N) is 1. The molecule has 0 radical (unpaired) electrons. The third-order valence-electron chi connectivity index (χ3n) is 6.05. The minimum Gasteiger partial charge on any atom is -0.496 e. The van der Waals surface area contributed by atoms with Crippen molar-refractivity contribution in [3.63, 3.8) is 0 Å². The molecule has 1 fully saturated rings. The van der Waals surface area contributed by atoms with E-state index in [1.54, 1.807) is 7.11 Å². The fourth-order valence-corrected chi connectivity index (χ4v) is 4.85. The average molecular weight is 505 g/mol. The summed E-state index contributed by atoms with van der Waals surface area (Å²) in [6.45, 7) is 12.6. The average Bonchev–Trinajstić information content (AvgIpc) is 2.78. The summed E-state index contributed by atoms with van der Waals surface area (Å²) in [4.78, 5) is 12.4. The number of nitrogens with zero attached hydrogens (tertiary/aromatic N) is 4. The summed E-state index contributed by atoms with van der Waals surface area (Å²) < 4.78 is 6.39. The lowest BCUT2D eigenvalue weighted by Crippen LogP contribution is -2.47. The molecule has 2 aromatic rings. The molecule has 1 saturated heterocycles. The highest BCUT2D eigenvalue weighted by Crippen LogP contribution is 2.26. The van der Waals surface area contributed by atoms with Crippen LogP contribution in [0.15, 0.2) is 40.9 Å². The van der Waals surface area contributed by atoms with E-state index in [0.29, 0.717) is 0 Å². The molecule has 0 spiro atoms. The molecule has 2 heterocycles. The topological polar surface area (TPSA) is 57.9 Å². The van der Waals surface area contributed by atoms with E-state index in [-0.39, 0.29) is 0 Å². The Morgan fingerprint density at radius 2 is 1.75 bits per heavy atom. The zero-order valence-corrected chi connectivity index (χ0v) is 21.2. The van der Waals surface area contributed by atoms with Crippen LogP contribution in [-0.2, 0) is 13.1 Å². The van der Waals surface area contributed by atoms with Gasteiger partial charge in [-0.2, -0.15) is 0 Å². The fraction of sp³-hybridized carbons (Fsp3) is 0.560. The first-order valence-corrected chi connectivity index (χ1v) is 12.5. The molecule has 0 saturated carbocycles. The third-order valence-corrected chi connectivity index (χ3v) is 6.67. The van der Waals surface area contributed by atoms with Gasteiger partial charge in [-0.1, -0.05) is 12.1 Å². The Bertz CT molecular complexity index is 826. The molecular formula is C25H38BrN5O. The van der Waals surface area contributed by atoms with Gasteiger partial charge in [0.2, 0.25) is 0 Å². The maximum absolute atomic E-state index is 5.65. The van der Waals surface area contributed by atoms with E-state index in [1.807, 2.05) is 6.07 Å². The molecule has 0 atom stereocenters. The van der Waals surface area contributed by atoms with Crippen molar-refractivity contribution in [1.29, 1.82) is 0 Å². The summed E-state index contributed by atoms with van der Waals surface area (Å²) in [5.41, 5.74) is 9.13. The van der Waals surface area contributed by atoms with Crippen molar-refractivity contribution in [2.75, 3.05) is 59.5 Å². The van der Waals surface area contributed by atoms with Crippen LogP contribution in [-0.4, -0.2) is 79.2 Å². The lowest BCUT2D eigenvalue weighted by atomic mass is 10.2. The van der Waals surface area contributed by atoms with E-state index in [9.17, 15) is 0 Å². The predicted molar refractivity (Wildman–Crippen MR) is 135 cm³/mol. The Labute approximate surface area is 201 Å². The van der Waals surface area contributed by atoms with Gasteiger partial charge in [0.1, 0.15) is 5.75 Å². The molecule has 1 aromatic heterocycles. The highest BCUT2D eigenvalue weighted by molar-refractivity contribution is 9.10. The van der Waals surface area contributed by atoms with Crippen LogP contribution >= 0.6 is 15.9 Å². The summed E-state index contributed by atoms with van der Waals surface area (Å²) >= 11 is 3.63. The van der Waals surface area contributed by atoms with Crippen molar-refractivity contribution in [3.05, 3.63) is 57.8 Å². The van der Waals surface area contributed by atoms with Gasteiger partial charge < -0.3 is 20.3 Å². The molecule has 0 aliphatic carbocycles. The molecule has 1 aliphatic heterocycles. The first kappa shape index (κ1) is 25.1. The smallest absolute Gasteiger partial charge is 0.133 e. The Morgan fingerprint density at radius 1 is 1.03 bits per heavy atom. The van der Waals surface area contributed by atoms with E-state index in [4.69, 9.17) is 15.5 Å². The van der Waals surface area contributed by atoms with E-state index in [1.165, 1.54) is 5.56 Å². The van der Waals surface area contributed by atoms with Crippen molar-refractivity contribution in [1.82, 2.24) is 19.7 Å². The number of ether oxygens (including phenoxy) is 1. The van der Waals surface area contributed by atoms with Crippen molar-refractivity contribution in [2.24, 2.45) is 5.73 Å². The minimum absolute atomic E-state index is 0.788. The van der Waals surface area contributed by atoms with Crippen molar-refractivity contribution >= 4 is 15.9 Å². The number of aryl methyl sites for hydroxylation is 1.